The Morgan fingerprint density at radius 1 is 1.35 bits per heavy atom. The largest absolute Gasteiger partial charge is 0.464 e. The molecule has 2 N–H and O–H groups in total. The molecule has 20 heavy (non-hydrogen) atoms. The number of nitrogens with two attached hydrogens (primary N) is 1. The van der Waals surface area contributed by atoms with Crippen LogP contribution in [0.4, 0.5) is 19.0 Å². The topological polar surface area (TPSA) is 70.1 Å². The number of methoxy groups -OCH3 is 1. The molecule has 1 aromatic heterocycles. The average molecular weight is 285 g/mol. The first-order valence-corrected chi connectivity index (χ1v) is 5.44. The van der Waals surface area contributed by atoms with Gasteiger partial charge in [0.25, 0.3) is 0 Å². The number of hydrogen-bond donors (Lipinski definition) is 1. The van der Waals surface area contributed by atoms with Gasteiger partial charge in [-0.2, -0.15) is 13.2 Å². The molecule has 0 aliphatic carbocycles. The highest BCUT2D eigenvalue weighted by atomic mass is 19.4. The van der Waals surface area contributed by atoms with Gasteiger partial charge in [-0.15, -0.1) is 0 Å². The summed E-state index contributed by atoms with van der Waals surface area (Å²) in [5, 5.41) is 0. The predicted octanol–water partition coefficient (Wildman–Crippen LogP) is 2.26. The fourth-order valence-corrected chi connectivity index (χ4v) is 1.73. The molecule has 0 unspecified atom stereocenters. The molecule has 0 aliphatic heterocycles. The molecule has 0 amide bonds. The lowest BCUT2D eigenvalue weighted by Crippen LogP contribution is -2.12. The summed E-state index contributed by atoms with van der Waals surface area (Å²) >= 11 is 0. The molecular weight excluding hydrogens is 275 g/mol. The maximum Gasteiger partial charge on any atom is 0.418 e. The second-order valence-corrected chi connectivity index (χ2v) is 3.85. The normalized spacial score (nSPS) is 11.4. The molecule has 2 rings (SSSR count). The molecular formula is C12H10F3N3O2. The lowest BCUT2D eigenvalue weighted by atomic mass is 10.1. The molecule has 5 nitrogen and oxygen atoms in total. The van der Waals surface area contributed by atoms with Gasteiger partial charge < -0.3 is 10.5 Å². The van der Waals surface area contributed by atoms with Crippen LogP contribution in [0.3, 0.4) is 0 Å². The average Bonchev–Trinajstić information content (AvgIpc) is 2.78. The molecule has 0 saturated heterocycles. The fourth-order valence-electron chi connectivity index (χ4n) is 1.73. The number of esters is 1. The predicted molar refractivity (Wildman–Crippen MR) is 64.3 cm³/mol. The summed E-state index contributed by atoms with van der Waals surface area (Å²) in [5.74, 6) is -1.03. The molecule has 106 valence electrons. The Morgan fingerprint density at radius 3 is 2.60 bits per heavy atom. The summed E-state index contributed by atoms with van der Waals surface area (Å²) in [4.78, 5) is 15.0. The van der Waals surface area contributed by atoms with Gasteiger partial charge in [-0.05, 0) is 12.1 Å². The van der Waals surface area contributed by atoms with Gasteiger partial charge in [0, 0.05) is 0 Å². The number of hydrogen-bond acceptors (Lipinski definition) is 4. The Balaban J connectivity index is 2.59. The Kier molecular flexibility index (Phi) is 3.39. The first kappa shape index (κ1) is 13.9. The molecule has 0 saturated carbocycles. The monoisotopic (exact) mass is 285 g/mol. The first-order valence-electron chi connectivity index (χ1n) is 5.44. The van der Waals surface area contributed by atoms with Gasteiger partial charge in [0.15, 0.2) is 5.69 Å². The number of nitrogens with zero attached hydrogens (tertiary/aromatic N) is 2. The van der Waals surface area contributed by atoms with Crippen molar-refractivity contribution in [3.8, 4) is 5.69 Å². The third kappa shape index (κ3) is 2.31. The van der Waals surface area contributed by atoms with Gasteiger partial charge in [-0.1, -0.05) is 12.1 Å². The van der Waals surface area contributed by atoms with Crippen molar-refractivity contribution in [2.45, 2.75) is 6.18 Å². The van der Waals surface area contributed by atoms with Crippen LogP contribution in [0.15, 0.2) is 30.6 Å². The van der Waals surface area contributed by atoms with Crippen molar-refractivity contribution < 1.29 is 22.7 Å². The van der Waals surface area contributed by atoms with E-state index in [1.807, 2.05) is 0 Å². The van der Waals surface area contributed by atoms with E-state index in [0.717, 1.165) is 24.1 Å². The van der Waals surface area contributed by atoms with E-state index in [4.69, 9.17) is 5.73 Å². The minimum absolute atomic E-state index is 0.208. The zero-order chi connectivity index (χ0) is 14.9. The van der Waals surface area contributed by atoms with Gasteiger partial charge in [-0.3, -0.25) is 4.57 Å². The minimum Gasteiger partial charge on any atom is -0.464 e. The smallest absolute Gasteiger partial charge is 0.418 e. The van der Waals surface area contributed by atoms with Crippen LogP contribution in [-0.2, 0) is 10.9 Å². The van der Waals surface area contributed by atoms with Crippen LogP contribution < -0.4 is 5.73 Å². The number of alkyl halides is 3. The van der Waals surface area contributed by atoms with E-state index in [0.29, 0.717) is 0 Å². The number of nitrogen functional groups attached to an aromatic ring is 1. The summed E-state index contributed by atoms with van der Waals surface area (Å²) in [6.45, 7) is 0. The Labute approximate surface area is 111 Å². The van der Waals surface area contributed by atoms with Crippen molar-refractivity contribution >= 4 is 11.8 Å². The van der Waals surface area contributed by atoms with Gasteiger partial charge in [0.2, 0.25) is 0 Å². The Hall–Kier alpha value is -2.51. The highest BCUT2D eigenvalue weighted by molar-refractivity contribution is 5.92. The van der Waals surface area contributed by atoms with Crippen LogP contribution in [0.5, 0.6) is 0 Å². The molecule has 0 aliphatic rings. The van der Waals surface area contributed by atoms with Gasteiger partial charge in [0.05, 0.1) is 18.4 Å². The molecule has 2 aromatic rings. The van der Waals surface area contributed by atoms with E-state index in [9.17, 15) is 18.0 Å². The number of halogens is 3. The van der Waals surface area contributed by atoms with Gasteiger partial charge in [-0.25, -0.2) is 9.78 Å². The SMILES string of the molecule is COC(=O)c1ncn(-c2ccccc2C(F)(F)F)c1N. The highest BCUT2D eigenvalue weighted by Crippen LogP contribution is 2.34. The molecule has 0 bridgehead atoms. The van der Waals surface area contributed by atoms with E-state index in [-0.39, 0.29) is 17.2 Å². The zero-order valence-electron chi connectivity index (χ0n) is 10.3. The third-order valence-electron chi connectivity index (χ3n) is 2.65. The van der Waals surface area contributed by atoms with Crippen molar-refractivity contribution in [2.75, 3.05) is 12.8 Å². The van der Waals surface area contributed by atoms with Crippen molar-refractivity contribution in [2.24, 2.45) is 0 Å². The maximum atomic E-state index is 12.9. The van der Waals surface area contributed by atoms with Crippen LogP contribution in [0.1, 0.15) is 16.1 Å². The van der Waals surface area contributed by atoms with Crippen molar-refractivity contribution in [3.63, 3.8) is 0 Å². The quantitative estimate of drug-likeness (QED) is 0.859. The van der Waals surface area contributed by atoms with Crippen LogP contribution >= 0.6 is 0 Å². The molecule has 0 radical (unpaired) electrons. The second kappa shape index (κ2) is 4.87. The first-order chi connectivity index (χ1) is 9.36. The number of ether oxygens (including phenoxy) is 1. The fraction of sp³-hybridized carbons (Fsp3) is 0.167. The number of para-hydroxylation sites is 1. The molecule has 8 heteroatoms. The number of carbonyl (C=O) groups excluding carboxylic acids is 1. The van der Waals surface area contributed by atoms with Crippen LogP contribution in [-0.4, -0.2) is 22.6 Å². The number of imidazole rings is 1. The van der Waals surface area contributed by atoms with E-state index >= 15 is 0 Å². The lowest BCUT2D eigenvalue weighted by Gasteiger charge is -2.14. The molecule has 1 aromatic carbocycles. The second-order valence-electron chi connectivity index (χ2n) is 3.85. The highest BCUT2D eigenvalue weighted by Gasteiger charge is 2.34. The molecule has 0 fully saturated rings. The maximum absolute atomic E-state index is 12.9. The Morgan fingerprint density at radius 2 is 2.00 bits per heavy atom. The minimum atomic E-state index is -4.54. The standard InChI is InChI=1S/C12H10F3N3O2/c1-20-11(19)9-10(16)18(6-17-9)8-5-3-2-4-7(8)12(13,14)15/h2-6H,16H2,1H3. The van der Waals surface area contributed by atoms with Crippen molar-refractivity contribution in [1.82, 2.24) is 9.55 Å². The van der Waals surface area contributed by atoms with Crippen LogP contribution in [0.2, 0.25) is 0 Å². The zero-order valence-corrected chi connectivity index (χ0v) is 10.3. The molecule has 0 atom stereocenters. The van der Waals surface area contributed by atoms with E-state index in [1.165, 1.54) is 18.2 Å². The number of rotatable bonds is 2. The number of carbonyl (C=O) groups is 1. The lowest BCUT2D eigenvalue weighted by molar-refractivity contribution is -0.137. The van der Waals surface area contributed by atoms with Gasteiger partial charge in [0.1, 0.15) is 12.1 Å². The number of anilines is 1. The summed E-state index contributed by atoms with van der Waals surface area (Å²) in [7, 11) is 1.13. The van der Waals surface area contributed by atoms with Crippen molar-refractivity contribution in [1.29, 1.82) is 0 Å². The summed E-state index contributed by atoms with van der Waals surface area (Å²) < 4.78 is 44.2. The number of benzene rings is 1. The van der Waals surface area contributed by atoms with E-state index < -0.39 is 17.7 Å². The summed E-state index contributed by atoms with van der Waals surface area (Å²) in [5.41, 5.74) is 4.34. The van der Waals surface area contributed by atoms with Crippen LogP contribution in [0, 0.1) is 0 Å². The summed E-state index contributed by atoms with van der Waals surface area (Å²) in [6.07, 6.45) is -3.50. The Bertz CT molecular complexity index is 650. The van der Waals surface area contributed by atoms with E-state index in [1.54, 1.807) is 0 Å². The molecule has 1 heterocycles. The number of aromatic nitrogens is 2. The third-order valence-corrected chi connectivity index (χ3v) is 2.65. The molecule has 0 spiro atoms. The van der Waals surface area contributed by atoms with Crippen LogP contribution in [0.25, 0.3) is 5.69 Å². The van der Waals surface area contributed by atoms with Crippen molar-refractivity contribution in [3.05, 3.63) is 41.9 Å². The van der Waals surface area contributed by atoms with Gasteiger partial charge >= 0.3 is 12.1 Å². The van der Waals surface area contributed by atoms with E-state index in [2.05, 4.69) is 9.72 Å². The summed E-state index contributed by atoms with van der Waals surface area (Å²) in [6, 6.07) is 4.86.